The number of phenols is 1. The number of azo groups is 1. The molecule has 0 unspecified atom stereocenters. The molecule has 0 aliphatic rings. The number of nitrogens with zero attached hydrogens (tertiary/aromatic N) is 2. The molecule has 4 aromatic rings. The summed E-state index contributed by atoms with van der Waals surface area (Å²) in [5, 5.41) is 22.8. The van der Waals surface area contributed by atoms with Crippen molar-refractivity contribution in [3.8, 4) is 11.5 Å². The molecule has 4 aromatic carbocycles. The molecule has 0 aliphatic heterocycles. The molecule has 0 saturated heterocycles. The van der Waals surface area contributed by atoms with Crippen LogP contribution in [-0.2, 0) is 4.79 Å². The van der Waals surface area contributed by atoms with Crippen molar-refractivity contribution in [3.05, 3.63) is 85.5 Å². The summed E-state index contributed by atoms with van der Waals surface area (Å²) in [6, 6.07) is 22.5. The first-order valence-corrected chi connectivity index (χ1v) is 8.66. The zero-order valence-corrected chi connectivity index (χ0v) is 14.9. The van der Waals surface area contributed by atoms with Gasteiger partial charge in [-0.15, -0.1) is 10.2 Å². The number of esters is 1. The highest BCUT2D eigenvalue weighted by atomic mass is 16.5. The highest BCUT2D eigenvalue weighted by Gasteiger charge is 2.15. The first kappa shape index (κ1) is 17.4. The van der Waals surface area contributed by atoms with Crippen molar-refractivity contribution in [2.24, 2.45) is 10.2 Å². The van der Waals surface area contributed by atoms with Crippen LogP contribution in [0.5, 0.6) is 11.5 Å². The number of ether oxygens (including phenoxy) is 1. The van der Waals surface area contributed by atoms with Crippen molar-refractivity contribution in [1.29, 1.82) is 0 Å². The number of carbonyl (C=O) groups excluding carboxylic acids is 1. The molecular weight excluding hydrogens is 352 g/mol. The summed E-state index contributed by atoms with van der Waals surface area (Å²) in [6.07, 6.45) is 1.03. The van der Waals surface area contributed by atoms with Gasteiger partial charge < -0.3 is 9.84 Å². The van der Waals surface area contributed by atoms with Gasteiger partial charge in [0.05, 0.1) is 5.69 Å². The zero-order chi connectivity index (χ0) is 19.5. The summed E-state index contributed by atoms with van der Waals surface area (Å²) in [6.45, 7) is 3.38. The number of carbonyl (C=O) groups is 1. The minimum absolute atomic E-state index is 0.00969. The number of phenolic OH excluding ortho intramolecular Hbond substituents is 1. The van der Waals surface area contributed by atoms with Crippen LogP contribution in [0.25, 0.3) is 21.5 Å². The molecule has 0 aromatic heterocycles. The largest absolute Gasteiger partial charge is 0.503 e. The first-order chi connectivity index (χ1) is 13.7. The lowest BCUT2D eigenvalue weighted by Crippen LogP contribution is -2.03. The molecule has 1 N–H and O–H groups in total. The molecule has 0 bridgehead atoms. The van der Waals surface area contributed by atoms with Crippen LogP contribution in [-0.4, -0.2) is 11.1 Å². The van der Waals surface area contributed by atoms with Crippen LogP contribution in [0.2, 0.25) is 0 Å². The van der Waals surface area contributed by atoms with E-state index in [4.69, 9.17) is 4.74 Å². The summed E-state index contributed by atoms with van der Waals surface area (Å²) in [5.41, 5.74) is 0.910. The van der Waals surface area contributed by atoms with Gasteiger partial charge in [-0.3, -0.25) is 0 Å². The van der Waals surface area contributed by atoms with Gasteiger partial charge in [0.2, 0.25) is 0 Å². The van der Waals surface area contributed by atoms with E-state index in [0.29, 0.717) is 11.1 Å². The normalized spacial score (nSPS) is 11.1. The molecule has 0 atom stereocenters. The maximum Gasteiger partial charge on any atom is 0.335 e. The second-order valence-electron chi connectivity index (χ2n) is 6.12. The fraction of sp³-hybridized carbons (Fsp3) is 0. The second-order valence-corrected chi connectivity index (χ2v) is 6.12. The Morgan fingerprint density at radius 3 is 2.36 bits per heavy atom. The van der Waals surface area contributed by atoms with Crippen molar-refractivity contribution in [2.45, 2.75) is 0 Å². The molecular formula is C23H16N2O3. The third kappa shape index (κ3) is 3.21. The fourth-order valence-electron chi connectivity index (χ4n) is 3.02. The molecule has 5 heteroatoms. The fourth-order valence-corrected chi connectivity index (χ4v) is 3.02. The maximum atomic E-state index is 11.6. The van der Waals surface area contributed by atoms with Gasteiger partial charge in [0.25, 0.3) is 0 Å². The molecule has 0 heterocycles. The summed E-state index contributed by atoms with van der Waals surface area (Å²) in [4.78, 5) is 11.6. The van der Waals surface area contributed by atoms with E-state index in [1.54, 1.807) is 6.07 Å². The molecule has 0 amide bonds. The lowest BCUT2D eigenvalue weighted by atomic mass is 10.1. The van der Waals surface area contributed by atoms with E-state index in [1.807, 2.05) is 66.7 Å². The average molecular weight is 368 g/mol. The van der Waals surface area contributed by atoms with Gasteiger partial charge >= 0.3 is 5.97 Å². The van der Waals surface area contributed by atoms with Crippen LogP contribution in [0.3, 0.4) is 0 Å². The van der Waals surface area contributed by atoms with E-state index >= 15 is 0 Å². The Balaban J connectivity index is 1.87. The summed E-state index contributed by atoms with van der Waals surface area (Å²) < 4.78 is 5.16. The van der Waals surface area contributed by atoms with Crippen molar-refractivity contribution in [1.82, 2.24) is 0 Å². The van der Waals surface area contributed by atoms with Gasteiger partial charge in [-0.2, -0.15) is 0 Å². The van der Waals surface area contributed by atoms with E-state index in [2.05, 4.69) is 16.8 Å². The van der Waals surface area contributed by atoms with Crippen LogP contribution in [0.15, 0.2) is 95.7 Å². The van der Waals surface area contributed by atoms with E-state index in [-0.39, 0.29) is 17.2 Å². The summed E-state index contributed by atoms with van der Waals surface area (Å²) >= 11 is 0. The average Bonchev–Trinajstić information content (AvgIpc) is 2.73. The van der Waals surface area contributed by atoms with Gasteiger partial charge in [-0.25, -0.2) is 4.79 Å². The van der Waals surface area contributed by atoms with Crippen LogP contribution in [0.4, 0.5) is 11.4 Å². The Kier molecular flexibility index (Phi) is 4.56. The molecule has 4 rings (SSSR count). The number of hydrogen-bond acceptors (Lipinski definition) is 5. The maximum absolute atomic E-state index is 11.6. The minimum atomic E-state index is -0.664. The Labute approximate surface area is 161 Å². The van der Waals surface area contributed by atoms with E-state index in [1.165, 1.54) is 0 Å². The predicted octanol–water partition coefficient (Wildman–Crippen LogP) is 6.21. The highest BCUT2D eigenvalue weighted by Crippen LogP contribution is 2.43. The molecule has 0 aliphatic carbocycles. The number of hydrogen-bond donors (Lipinski definition) is 1. The topological polar surface area (TPSA) is 71.2 Å². The minimum Gasteiger partial charge on any atom is -0.503 e. The van der Waals surface area contributed by atoms with Crippen LogP contribution >= 0.6 is 0 Å². The Morgan fingerprint density at radius 1 is 0.893 bits per heavy atom. The van der Waals surface area contributed by atoms with Gasteiger partial charge in [0.1, 0.15) is 5.69 Å². The third-order valence-corrected chi connectivity index (χ3v) is 4.36. The van der Waals surface area contributed by atoms with Crippen LogP contribution in [0, 0.1) is 0 Å². The molecule has 0 radical (unpaired) electrons. The van der Waals surface area contributed by atoms with Crippen molar-refractivity contribution < 1.29 is 14.6 Å². The molecule has 0 saturated carbocycles. The number of aromatic hydroxyl groups is 1. The molecule has 136 valence electrons. The monoisotopic (exact) mass is 368 g/mol. The molecule has 28 heavy (non-hydrogen) atoms. The van der Waals surface area contributed by atoms with Gasteiger partial charge in [0, 0.05) is 16.8 Å². The van der Waals surface area contributed by atoms with E-state index in [0.717, 1.165) is 22.2 Å². The SMILES string of the molecule is C=CC(=O)Oc1cc2ccccc2c(N=Nc2cccc3ccccc23)c1O. The number of fused-ring (bicyclic) bond motifs is 2. The molecule has 0 spiro atoms. The van der Waals surface area contributed by atoms with Gasteiger partial charge in [0.15, 0.2) is 11.5 Å². The number of benzene rings is 4. The Hall–Kier alpha value is -3.99. The van der Waals surface area contributed by atoms with Crippen molar-refractivity contribution in [2.75, 3.05) is 0 Å². The predicted molar refractivity (Wildman–Crippen MR) is 110 cm³/mol. The van der Waals surface area contributed by atoms with Gasteiger partial charge in [-0.05, 0) is 22.9 Å². The zero-order valence-electron chi connectivity index (χ0n) is 14.9. The lowest BCUT2D eigenvalue weighted by Gasteiger charge is -2.10. The van der Waals surface area contributed by atoms with E-state index in [9.17, 15) is 9.90 Å². The quantitative estimate of drug-likeness (QED) is 0.202. The van der Waals surface area contributed by atoms with Crippen molar-refractivity contribution in [3.63, 3.8) is 0 Å². The lowest BCUT2D eigenvalue weighted by molar-refractivity contribution is -0.129. The highest BCUT2D eigenvalue weighted by molar-refractivity contribution is 5.98. The number of rotatable bonds is 4. The summed E-state index contributed by atoms with van der Waals surface area (Å²) in [7, 11) is 0. The van der Waals surface area contributed by atoms with E-state index < -0.39 is 5.97 Å². The first-order valence-electron chi connectivity index (χ1n) is 8.66. The summed E-state index contributed by atoms with van der Waals surface area (Å²) in [5.74, 6) is -0.907. The smallest absolute Gasteiger partial charge is 0.335 e. The van der Waals surface area contributed by atoms with Crippen LogP contribution in [0.1, 0.15) is 0 Å². The van der Waals surface area contributed by atoms with Gasteiger partial charge in [-0.1, -0.05) is 67.2 Å². The van der Waals surface area contributed by atoms with Crippen LogP contribution < -0.4 is 4.74 Å². The molecule has 5 nitrogen and oxygen atoms in total. The molecule has 0 fully saturated rings. The second kappa shape index (κ2) is 7.32. The Bertz CT molecular complexity index is 1240. The standard InChI is InChI=1S/C23H16N2O3/c1-2-21(26)28-20-14-16-9-4-6-12-18(16)22(23(20)27)25-24-19-13-7-10-15-8-3-5-11-17(15)19/h2-14,27H,1H2. The Morgan fingerprint density at radius 2 is 1.57 bits per heavy atom. The van der Waals surface area contributed by atoms with Crippen molar-refractivity contribution >= 4 is 38.9 Å². The third-order valence-electron chi connectivity index (χ3n) is 4.36.